The molecule has 0 radical (unpaired) electrons. The molecule has 0 fully saturated rings. The highest BCUT2D eigenvalue weighted by atomic mass is 79.9. The van der Waals surface area contributed by atoms with Gasteiger partial charge in [0, 0.05) is 12.6 Å². The number of hydrogen-bond acceptors (Lipinski definition) is 3. The highest BCUT2D eigenvalue weighted by Crippen LogP contribution is 2.14. The fraction of sp³-hybridized carbons (Fsp3) is 0.417. The molecule has 0 saturated carbocycles. The Hall–Kier alpha value is -1.07. The predicted molar refractivity (Wildman–Crippen MR) is 69.4 cm³/mol. The molecule has 0 aromatic carbocycles. The first-order chi connectivity index (χ1) is 8.11. The molecule has 0 spiro atoms. The Morgan fingerprint density at radius 3 is 3.00 bits per heavy atom. The summed E-state index contributed by atoms with van der Waals surface area (Å²) in [6.45, 7) is 2.38. The van der Waals surface area contributed by atoms with Gasteiger partial charge >= 0.3 is 0 Å². The van der Waals surface area contributed by atoms with Crippen LogP contribution >= 0.6 is 15.9 Å². The van der Waals surface area contributed by atoms with E-state index in [-0.39, 0.29) is 12.0 Å². The number of furan rings is 1. The van der Waals surface area contributed by atoms with Crippen molar-refractivity contribution in [2.45, 2.75) is 25.9 Å². The van der Waals surface area contributed by atoms with Gasteiger partial charge in [-0.25, -0.2) is 0 Å². The average Bonchev–Trinajstić information content (AvgIpc) is 2.72. The van der Waals surface area contributed by atoms with Gasteiger partial charge in [-0.15, -0.1) is 0 Å². The Bertz CT molecular complexity index is 387. The molecule has 1 rings (SSSR count). The number of carbonyl (C=O) groups excluding carboxylic acids is 1. The largest absolute Gasteiger partial charge is 0.450 e. The van der Waals surface area contributed by atoms with Gasteiger partial charge in [-0.05, 0) is 47.0 Å². The number of hydrogen-bond donors (Lipinski definition) is 2. The van der Waals surface area contributed by atoms with Gasteiger partial charge in [-0.2, -0.15) is 0 Å². The van der Waals surface area contributed by atoms with E-state index in [2.05, 4.69) is 21.2 Å². The lowest BCUT2D eigenvalue weighted by atomic mass is 10.2. The quantitative estimate of drug-likeness (QED) is 0.793. The van der Waals surface area contributed by atoms with Crippen molar-refractivity contribution in [3.05, 3.63) is 28.6 Å². The fourth-order valence-corrected chi connectivity index (χ4v) is 1.52. The van der Waals surface area contributed by atoms with E-state index in [1.54, 1.807) is 18.2 Å². The normalized spacial score (nSPS) is 12.9. The zero-order chi connectivity index (χ0) is 12.7. The summed E-state index contributed by atoms with van der Waals surface area (Å²) < 4.78 is 5.83. The van der Waals surface area contributed by atoms with Crippen LogP contribution in [0.15, 0.2) is 27.3 Å². The Balaban J connectivity index is 2.27. The minimum Gasteiger partial charge on any atom is -0.450 e. The van der Waals surface area contributed by atoms with Crippen molar-refractivity contribution in [2.75, 3.05) is 6.54 Å². The van der Waals surface area contributed by atoms with Crippen molar-refractivity contribution < 1.29 is 14.3 Å². The van der Waals surface area contributed by atoms with Gasteiger partial charge in [-0.3, -0.25) is 4.79 Å². The zero-order valence-electron chi connectivity index (χ0n) is 9.65. The third-order valence-corrected chi connectivity index (χ3v) is 2.67. The van der Waals surface area contributed by atoms with Crippen molar-refractivity contribution in [1.82, 2.24) is 5.32 Å². The van der Waals surface area contributed by atoms with Crippen LogP contribution < -0.4 is 5.32 Å². The lowest BCUT2D eigenvalue weighted by Crippen LogP contribution is -2.25. The summed E-state index contributed by atoms with van der Waals surface area (Å²) in [7, 11) is 0. The first kappa shape index (κ1) is 14.0. The molecular weight excluding hydrogens is 286 g/mol. The minimum atomic E-state index is -0.347. The van der Waals surface area contributed by atoms with E-state index in [0.717, 1.165) is 0 Å². The number of carbonyl (C=O) groups is 1. The van der Waals surface area contributed by atoms with Crippen LogP contribution in [0.4, 0.5) is 0 Å². The van der Waals surface area contributed by atoms with Gasteiger partial charge in [0.2, 0.25) is 5.91 Å². The van der Waals surface area contributed by atoms with Crippen molar-refractivity contribution >= 4 is 27.9 Å². The van der Waals surface area contributed by atoms with Crippen LogP contribution in [0.5, 0.6) is 0 Å². The van der Waals surface area contributed by atoms with Gasteiger partial charge in [-0.1, -0.05) is 6.92 Å². The number of amides is 1. The van der Waals surface area contributed by atoms with Crippen LogP contribution in [0.3, 0.4) is 0 Å². The molecule has 1 unspecified atom stereocenters. The third kappa shape index (κ3) is 5.70. The second-order valence-electron chi connectivity index (χ2n) is 3.62. The molecule has 2 N–H and O–H groups in total. The summed E-state index contributed by atoms with van der Waals surface area (Å²) >= 11 is 3.18. The highest BCUT2D eigenvalue weighted by Gasteiger charge is 2.01. The molecule has 1 aromatic rings. The number of aliphatic hydroxyl groups is 1. The second kappa shape index (κ2) is 7.29. The highest BCUT2D eigenvalue weighted by molar-refractivity contribution is 9.10. The van der Waals surface area contributed by atoms with Crippen LogP contribution in [-0.4, -0.2) is 23.7 Å². The lowest BCUT2D eigenvalue weighted by Gasteiger charge is -2.06. The van der Waals surface area contributed by atoms with Gasteiger partial charge in [0.25, 0.3) is 0 Å². The van der Waals surface area contributed by atoms with Crippen LogP contribution in [0, 0.1) is 0 Å². The third-order valence-electron chi connectivity index (χ3n) is 2.24. The molecule has 4 nitrogen and oxygen atoms in total. The number of aliphatic hydroxyl groups excluding tert-OH is 1. The zero-order valence-corrected chi connectivity index (χ0v) is 11.2. The lowest BCUT2D eigenvalue weighted by molar-refractivity contribution is -0.116. The standard InChI is InChI=1S/C12H16BrNO3/c1-2-9(15)7-8-14-12(16)6-4-10-3-5-11(13)17-10/h3-6,9,15H,2,7-8H2,1H3,(H,14,16)/b6-4+. The van der Waals surface area contributed by atoms with Gasteiger partial charge < -0.3 is 14.8 Å². The summed E-state index contributed by atoms with van der Waals surface area (Å²) in [4.78, 5) is 11.4. The molecule has 0 aliphatic heterocycles. The molecule has 1 heterocycles. The average molecular weight is 302 g/mol. The van der Waals surface area contributed by atoms with Crippen molar-refractivity contribution in [3.63, 3.8) is 0 Å². The Morgan fingerprint density at radius 2 is 2.41 bits per heavy atom. The van der Waals surface area contributed by atoms with E-state index < -0.39 is 0 Å². The van der Waals surface area contributed by atoms with E-state index in [1.165, 1.54) is 6.08 Å². The van der Waals surface area contributed by atoms with Crippen LogP contribution in [0.25, 0.3) is 6.08 Å². The second-order valence-corrected chi connectivity index (χ2v) is 4.40. The molecule has 1 atom stereocenters. The van der Waals surface area contributed by atoms with Crippen molar-refractivity contribution in [1.29, 1.82) is 0 Å². The molecular formula is C12H16BrNO3. The van der Waals surface area contributed by atoms with Crippen molar-refractivity contribution in [2.24, 2.45) is 0 Å². The van der Waals surface area contributed by atoms with Crippen LogP contribution in [0.1, 0.15) is 25.5 Å². The summed E-state index contributed by atoms with van der Waals surface area (Å²) in [6.07, 6.45) is 3.93. The molecule has 1 amide bonds. The molecule has 0 saturated heterocycles. The van der Waals surface area contributed by atoms with Gasteiger partial charge in [0.15, 0.2) is 4.67 Å². The van der Waals surface area contributed by atoms with E-state index in [4.69, 9.17) is 4.42 Å². The van der Waals surface area contributed by atoms with E-state index >= 15 is 0 Å². The minimum absolute atomic E-state index is 0.194. The number of halogens is 1. The number of rotatable bonds is 6. The Kier molecular flexibility index (Phi) is 6.00. The first-order valence-electron chi connectivity index (χ1n) is 5.51. The van der Waals surface area contributed by atoms with E-state index in [0.29, 0.717) is 29.8 Å². The maximum atomic E-state index is 11.4. The summed E-state index contributed by atoms with van der Waals surface area (Å²) in [5, 5.41) is 12.0. The smallest absolute Gasteiger partial charge is 0.244 e. The Morgan fingerprint density at radius 1 is 1.65 bits per heavy atom. The van der Waals surface area contributed by atoms with Crippen LogP contribution in [0.2, 0.25) is 0 Å². The molecule has 0 aliphatic rings. The summed E-state index contributed by atoms with van der Waals surface area (Å²) in [5.41, 5.74) is 0. The molecule has 1 aromatic heterocycles. The predicted octanol–water partition coefficient (Wildman–Crippen LogP) is 2.33. The van der Waals surface area contributed by atoms with Gasteiger partial charge in [0.1, 0.15) is 5.76 Å². The van der Waals surface area contributed by atoms with Gasteiger partial charge in [0.05, 0.1) is 6.10 Å². The first-order valence-corrected chi connectivity index (χ1v) is 6.30. The fourth-order valence-electron chi connectivity index (χ4n) is 1.20. The maximum Gasteiger partial charge on any atom is 0.244 e. The summed E-state index contributed by atoms with van der Waals surface area (Å²) in [6, 6.07) is 3.52. The Labute approximate surface area is 109 Å². The molecule has 0 bridgehead atoms. The topological polar surface area (TPSA) is 62.5 Å². The SMILES string of the molecule is CCC(O)CCNC(=O)/C=C/c1ccc(Br)o1. The molecule has 0 aliphatic carbocycles. The van der Waals surface area contributed by atoms with Crippen molar-refractivity contribution in [3.8, 4) is 0 Å². The van der Waals surface area contributed by atoms with E-state index in [9.17, 15) is 9.90 Å². The summed E-state index contributed by atoms with van der Waals surface area (Å²) in [5.74, 6) is 0.418. The molecule has 5 heteroatoms. The monoisotopic (exact) mass is 301 g/mol. The van der Waals surface area contributed by atoms with E-state index in [1.807, 2.05) is 6.92 Å². The number of nitrogens with one attached hydrogen (secondary N) is 1. The van der Waals surface area contributed by atoms with Crippen LogP contribution in [-0.2, 0) is 4.79 Å². The molecule has 17 heavy (non-hydrogen) atoms. The molecule has 94 valence electrons. The maximum absolute atomic E-state index is 11.4.